The van der Waals surface area contributed by atoms with Crippen molar-refractivity contribution in [2.75, 3.05) is 36.5 Å². The number of carboxylic acids is 1. The molecule has 2 heterocycles. The second-order valence-corrected chi connectivity index (χ2v) is 8.52. The molecule has 1 saturated heterocycles. The third-order valence-corrected chi connectivity index (χ3v) is 5.68. The fraction of sp³-hybridized carbons (Fsp3) is 0.333. The monoisotopic (exact) mass is 506 g/mol. The number of carbonyl (C=O) groups excluding carboxylic acids is 1. The Hall–Kier alpha value is -4.34. The lowest BCUT2D eigenvalue weighted by Gasteiger charge is -2.33. The summed E-state index contributed by atoms with van der Waals surface area (Å²) in [5, 5.41) is 11.5. The molecule has 0 unspecified atom stereocenters. The van der Waals surface area contributed by atoms with E-state index in [1.54, 1.807) is 30.5 Å². The van der Waals surface area contributed by atoms with Gasteiger partial charge in [-0.3, -0.25) is 9.78 Å². The van der Waals surface area contributed by atoms with E-state index in [-0.39, 0.29) is 18.4 Å². The number of hydrogen-bond donors (Lipinski definition) is 2. The molecule has 194 valence electrons. The molecule has 0 spiro atoms. The maximum absolute atomic E-state index is 12.6. The lowest BCUT2D eigenvalue weighted by Crippen LogP contribution is -2.41. The van der Waals surface area contributed by atoms with Crippen LogP contribution in [-0.2, 0) is 16.0 Å². The first-order valence-corrected chi connectivity index (χ1v) is 12.2. The van der Waals surface area contributed by atoms with Crippen molar-refractivity contribution in [2.24, 2.45) is 0 Å². The highest BCUT2D eigenvalue weighted by Crippen LogP contribution is 2.30. The number of nitrogens with one attached hydrogen (secondary N) is 1. The first kappa shape index (κ1) is 25.7. The Balaban J connectivity index is 1.33. The zero-order chi connectivity index (χ0) is 26.0. The molecule has 1 amide bonds. The number of anilines is 2. The number of amides is 1. The fourth-order valence-electron chi connectivity index (χ4n) is 4.03. The van der Waals surface area contributed by atoms with Gasteiger partial charge in [-0.25, -0.2) is 9.78 Å². The zero-order valence-electron chi connectivity index (χ0n) is 20.6. The van der Waals surface area contributed by atoms with Crippen LogP contribution in [0.5, 0.6) is 17.2 Å². The minimum absolute atomic E-state index is 0.0298. The number of carboxylic acid groups (broad SMARTS) is 1. The quantitative estimate of drug-likeness (QED) is 0.402. The topological polar surface area (TPSA) is 123 Å². The second kappa shape index (κ2) is 12.6. The van der Waals surface area contributed by atoms with E-state index in [9.17, 15) is 9.59 Å². The molecule has 10 nitrogen and oxygen atoms in total. The Bertz CT molecular complexity index is 1200. The predicted molar refractivity (Wildman–Crippen MR) is 137 cm³/mol. The van der Waals surface area contributed by atoms with E-state index in [0.29, 0.717) is 30.5 Å². The van der Waals surface area contributed by atoms with Gasteiger partial charge in [0.1, 0.15) is 17.7 Å². The number of ether oxygens (including phenoxy) is 3. The molecule has 1 atom stereocenters. The molecular weight excluding hydrogens is 476 g/mol. The van der Waals surface area contributed by atoms with Crippen LogP contribution in [0, 0.1) is 0 Å². The standard InChI is InChI=1S/C27H30N4O6/c1-2-35-22-7-3-4-8-23(22)37-21-6-5-13-31(17-21)25-16-28-15-24(29-25)30-26(32)14-19-9-11-20(12-10-19)36-18-27(33)34/h3-4,7-12,15-16,21H,2,5-6,13-14,17-18H2,1H3,(H,33,34)(H,29,30,32)/t21-/m1/s1. The molecular formula is C27H30N4O6. The molecule has 1 aliphatic heterocycles. The summed E-state index contributed by atoms with van der Waals surface area (Å²) >= 11 is 0. The van der Waals surface area contributed by atoms with E-state index in [2.05, 4.69) is 20.2 Å². The van der Waals surface area contributed by atoms with Crippen LogP contribution in [0.15, 0.2) is 60.9 Å². The average molecular weight is 507 g/mol. The summed E-state index contributed by atoms with van der Waals surface area (Å²) in [5.74, 6) is 1.64. The van der Waals surface area contributed by atoms with Crippen LogP contribution >= 0.6 is 0 Å². The number of benzene rings is 2. The van der Waals surface area contributed by atoms with Crippen LogP contribution < -0.4 is 24.4 Å². The van der Waals surface area contributed by atoms with E-state index < -0.39 is 12.6 Å². The lowest BCUT2D eigenvalue weighted by molar-refractivity contribution is -0.139. The van der Waals surface area contributed by atoms with Crippen molar-refractivity contribution in [3.63, 3.8) is 0 Å². The average Bonchev–Trinajstić information content (AvgIpc) is 2.90. The van der Waals surface area contributed by atoms with Gasteiger partial charge in [-0.15, -0.1) is 0 Å². The summed E-state index contributed by atoms with van der Waals surface area (Å²) in [6.45, 7) is 3.55. The highest BCUT2D eigenvalue weighted by atomic mass is 16.5. The summed E-state index contributed by atoms with van der Waals surface area (Å²) in [5.41, 5.74) is 0.757. The van der Waals surface area contributed by atoms with Crippen molar-refractivity contribution in [1.29, 1.82) is 0 Å². The first-order valence-electron chi connectivity index (χ1n) is 12.2. The summed E-state index contributed by atoms with van der Waals surface area (Å²) in [6.07, 6.45) is 5.15. The van der Waals surface area contributed by atoms with Gasteiger partial charge in [0.15, 0.2) is 23.9 Å². The van der Waals surface area contributed by atoms with Gasteiger partial charge < -0.3 is 29.5 Å². The van der Waals surface area contributed by atoms with Crippen LogP contribution in [0.3, 0.4) is 0 Å². The van der Waals surface area contributed by atoms with E-state index in [1.165, 1.54) is 6.20 Å². The highest BCUT2D eigenvalue weighted by molar-refractivity contribution is 5.91. The lowest BCUT2D eigenvalue weighted by atomic mass is 10.1. The van der Waals surface area contributed by atoms with Crippen LogP contribution in [0.2, 0.25) is 0 Å². The number of para-hydroxylation sites is 2. The van der Waals surface area contributed by atoms with Gasteiger partial charge in [0.05, 0.1) is 32.0 Å². The second-order valence-electron chi connectivity index (χ2n) is 8.52. The van der Waals surface area contributed by atoms with E-state index in [4.69, 9.17) is 19.3 Å². The van der Waals surface area contributed by atoms with Crippen molar-refractivity contribution in [1.82, 2.24) is 9.97 Å². The van der Waals surface area contributed by atoms with Gasteiger partial charge in [0.25, 0.3) is 0 Å². The smallest absolute Gasteiger partial charge is 0.341 e. The normalized spacial score (nSPS) is 15.1. The van der Waals surface area contributed by atoms with Crippen LogP contribution in [0.25, 0.3) is 0 Å². The molecule has 3 aromatic rings. The first-order chi connectivity index (χ1) is 18.0. The Morgan fingerprint density at radius 3 is 2.62 bits per heavy atom. The summed E-state index contributed by atoms with van der Waals surface area (Å²) in [6, 6.07) is 14.4. The summed E-state index contributed by atoms with van der Waals surface area (Å²) < 4.78 is 17.1. The van der Waals surface area contributed by atoms with Gasteiger partial charge in [-0.1, -0.05) is 24.3 Å². The van der Waals surface area contributed by atoms with Crippen LogP contribution in [-0.4, -0.2) is 59.4 Å². The van der Waals surface area contributed by atoms with E-state index in [1.807, 2.05) is 31.2 Å². The number of carbonyl (C=O) groups is 2. The van der Waals surface area contributed by atoms with Gasteiger partial charge in [0, 0.05) is 6.54 Å². The van der Waals surface area contributed by atoms with Crippen molar-refractivity contribution < 1.29 is 28.9 Å². The molecule has 4 rings (SSSR count). The Morgan fingerprint density at radius 1 is 1.08 bits per heavy atom. The molecule has 10 heteroatoms. The minimum atomic E-state index is -1.05. The maximum Gasteiger partial charge on any atom is 0.341 e. The zero-order valence-corrected chi connectivity index (χ0v) is 20.6. The molecule has 2 aromatic carbocycles. The molecule has 2 N–H and O–H groups in total. The SMILES string of the molecule is CCOc1ccccc1O[C@@H]1CCCN(c2cncc(NC(=O)Cc3ccc(OCC(=O)O)cc3)n2)C1. The van der Waals surface area contributed by atoms with Crippen molar-refractivity contribution >= 4 is 23.5 Å². The molecule has 0 bridgehead atoms. The Labute approximate surface area is 215 Å². The van der Waals surface area contributed by atoms with Crippen LogP contribution in [0.1, 0.15) is 25.3 Å². The third kappa shape index (κ3) is 7.57. The van der Waals surface area contributed by atoms with Gasteiger partial charge in [-0.2, -0.15) is 0 Å². The van der Waals surface area contributed by atoms with Gasteiger partial charge in [-0.05, 0) is 49.6 Å². The van der Waals surface area contributed by atoms with Gasteiger partial charge in [0.2, 0.25) is 5.91 Å². The minimum Gasteiger partial charge on any atom is -0.490 e. The molecule has 0 aliphatic carbocycles. The van der Waals surface area contributed by atoms with Crippen LogP contribution in [0.4, 0.5) is 11.6 Å². The third-order valence-electron chi connectivity index (χ3n) is 5.68. The molecule has 1 aromatic heterocycles. The molecule has 0 saturated carbocycles. The summed E-state index contributed by atoms with van der Waals surface area (Å²) in [7, 11) is 0. The number of piperidine rings is 1. The largest absolute Gasteiger partial charge is 0.490 e. The van der Waals surface area contributed by atoms with E-state index >= 15 is 0 Å². The molecule has 0 radical (unpaired) electrons. The fourth-order valence-corrected chi connectivity index (χ4v) is 4.03. The molecule has 1 aliphatic rings. The Kier molecular flexibility index (Phi) is 8.75. The maximum atomic E-state index is 12.6. The van der Waals surface area contributed by atoms with Crippen molar-refractivity contribution in [3.05, 3.63) is 66.5 Å². The van der Waals surface area contributed by atoms with E-state index in [0.717, 1.165) is 36.4 Å². The molecule has 37 heavy (non-hydrogen) atoms. The molecule has 1 fully saturated rings. The number of hydrogen-bond acceptors (Lipinski definition) is 8. The number of rotatable bonds is 11. The van der Waals surface area contributed by atoms with Gasteiger partial charge >= 0.3 is 5.97 Å². The number of aromatic nitrogens is 2. The van der Waals surface area contributed by atoms with Crippen molar-refractivity contribution in [3.8, 4) is 17.2 Å². The Morgan fingerprint density at radius 2 is 1.86 bits per heavy atom. The number of aliphatic carboxylic acids is 1. The number of nitrogens with zero attached hydrogens (tertiary/aromatic N) is 3. The summed E-state index contributed by atoms with van der Waals surface area (Å²) in [4.78, 5) is 34.2. The predicted octanol–water partition coefficient (Wildman–Crippen LogP) is 3.57. The van der Waals surface area contributed by atoms with Crippen molar-refractivity contribution in [2.45, 2.75) is 32.3 Å². The highest BCUT2D eigenvalue weighted by Gasteiger charge is 2.24.